The van der Waals surface area contributed by atoms with E-state index in [0.717, 1.165) is 11.2 Å². The van der Waals surface area contributed by atoms with E-state index in [1.165, 1.54) is 0 Å². The summed E-state index contributed by atoms with van der Waals surface area (Å²) in [6.07, 6.45) is 3.42. The fourth-order valence-electron chi connectivity index (χ4n) is 1.76. The number of hydrogen-bond donors (Lipinski definition) is 2. The number of aromatic nitrogens is 6. The topological polar surface area (TPSA) is 98.3 Å². The number of fused-ring (bicyclic) bond motifs is 1. The minimum atomic E-state index is 0.186. The van der Waals surface area contributed by atoms with Crippen molar-refractivity contribution in [1.29, 1.82) is 0 Å². The standard InChI is InChI=1S/C11H13N7/c1-6(2)7-3-4-18(17-7)10-8-9(14-5-13-8)15-11(12)16-10/h3-6H,1-2H3,(H3,12,13,14,15,16). The quantitative estimate of drug-likeness (QED) is 0.705. The van der Waals surface area contributed by atoms with Gasteiger partial charge in [0.05, 0.1) is 12.0 Å². The molecule has 3 heterocycles. The van der Waals surface area contributed by atoms with Crippen LogP contribution in [0.15, 0.2) is 18.6 Å². The SMILES string of the molecule is CC(C)c1ccn(-c2nc(N)nc3nc[nH]c23)n1. The number of hydrogen-bond acceptors (Lipinski definition) is 5. The zero-order chi connectivity index (χ0) is 12.7. The van der Waals surface area contributed by atoms with E-state index in [9.17, 15) is 0 Å². The van der Waals surface area contributed by atoms with Crippen LogP contribution in [0.5, 0.6) is 0 Å². The average Bonchev–Trinajstić information content (AvgIpc) is 2.95. The molecule has 0 amide bonds. The van der Waals surface area contributed by atoms with E-state index in [1.54, 1.807) is 11.0 Å². The van der Waals surface area contributed by atoms with Crippen LogP contribution < -0.4 is 5.73 Å². The Labute approximate surface area is 103 Å². The molecule has 0 bridgehead atoms. The number of anilines is 1. The molecule has 0 spiro atoms. The van der Waals surface area contributed by atoms with Crippen molar-refractivity contribution in [2.75, 3.05) is 5.73 Å². The van der Waals surface area contributed by atoms with E-state index < -0.39 is 0 Å². The third-order valence-electron chi connectivity index (χ3n) is 2.70. The number of nitrogen functional groups attached to an aromatic ring is 1. The van der Waals surface area contributed by atoms with Gasteiger partial charge in [-0.15, -0.1) is 0 Å². The second-order valence-corrected chi connectivity index (χ2v) is 4.35. The fraction of sp³-hybridized carbons (Fsp3) is 0.273. The molecule has 0 fully saturated rings. The van der Waals surface area contributed by atoms with E-state index in [0.29, 0.717) is 17.4 Å². The minimum Gasteiger partial charge on any atom is -0.368 e. The van der Waals surface area contributed by atoms with Crippen LogP contribution in [0.3, 0.4) is 0 Å². The van der Waals surface area contributed by atoms with E-state index in [1.807, 2.05) is 12.3 Å². The third-order valence-corrected chi connectivity index (χ3v) is 2.70. The lowest BCUT2D eigenvalue weighted by Gasteiger charge is -2.03. The first-order valence-electron chi connectivity index (χ1n) is 5.67. The first kappa shape index (κ1) is 10.7. The number of nitrogens with one attached hydrogen (secondary N) is 1. The lowest BCUT2D eigenvalue weighted by atomic mass is 10.1. The summed E-state index contributed by atoms with van der Waals surface area (Å²) in [5.41, 5.74) is 7.94. The van der Waals surface area contributed by atoms with Crippen molar-refractivity contribution in [3.8, 4) is 5.82 Å². The summed E-state index contributed by atoms with van der Waals surface area (Å²) in [7, 11) is 0. The maximum Gasteiger partial charge on any atom is 0.224 e. The van der Waals surface area contributed by atoms with E-state index >= 15 is 0 Å². The summed E-state index contributed by atoms with van der Waals surface area (Å²) < 4.78 is 1.69. The molecular formula is C11H13N7. The summed E-state index contributed by atoms with van der Waals surface area (Å²) >= 11 is 0. The Bertz CT molecular complexity index is 694. The van der Waals surface area contributed by atoms with Crippen molar-refractivity contribution in [3.63, 3.8) is 0 Å². The van der Waals surface area contributed by atoms with Gasteiger partial charge < -0.3 is 10.7 Å². The summed E-state index contributed by atoms with van der Waals surface area (Å²) in [5, 5.41) is 4.47. The molecule has 18 heavy (non-hydrogen) atoms. The molecule has 3 rings (SSSR count). The lowest BCUT2D eigenvalue weighted by molar-refractivity contribution is 0.760. The lowest BCUT2D eigenvalue weighted by Crippen LogP contribution is -2.05. The van der Waals surface area contributed by atoms with E-state index in [-0.39, 0.29) is 5.95 Å². The molecule has 3 aromatic rings. The third kappa shape index (κ3) is 1.60. The van der Waals surface area contributed by atoms with Gasteiger partial charge >= 0.3 is 0 Å². The van der Waals surface area contributed by atoms with Crippen LogP contribution in [0.2, 0.25) is 0 Å². The monoisotopic (exact) mass is 243 g/mol. The van der Waals surface area contributed by atoms with Crippen molar-refractivity contribution in [2.45, 2.75) is 19.8 Å². The van der Waals surface area contributed by atoms with Crippen molar-refractivity contribution in [1.82, 2.24) is 29.7 Å². The van der Waals surface area contributed by atoms with Crippen LogP contribution >= 0.6 is 0 Å². The number of aromatic amines is 1. The Morgan fingerprint density at radius 1 is 1.33 bits per heavy atom. The molecule has 7 heteroatoms. The summed E-state index contributed by atoms with van der Waals surface area (Å²) in [4.78, 5) is 15.3. The van der Waals surface area contributed by atoms with Gasteiger partial charge in [-0.3, -0.25) is 0 Å². The zero-order valence-corrected chi connectivity index (χ0v) is 10.1. The molecular weight excluding hydrogens is 230 g/mol. The number of rotatable bonds is 2. The van der Waals surface area contributed by atoms with Gasteiger partial charge in [-0.05, 0) is 12.0 Å². The predicted octanol–water partition coefficient (Wildman–Crippen LogP) is 1.24. The summed E-state index contributed by atoms with van der Waals surface area (Å²) in [6.45, 7) is 4.18. The maximum atomic E-state index is 5.67. The number of nitrogens with two attached hydrogens (primary N) is 1. The molecule has 3 N–H and O–H groups in total. The molecule has 0 aromatic carbocycles. The fourth-order valence-corrected chi connectivity index (χ4v) is 1.76. The molecule has 0 radical (unpaired) electrons. The van der Waals surface area contributed by atoms with Gasteiger partial charge in [-0.2, -0.15) is 15.1 Å². The first-order chi connectivity index (χ1) is 8.65. The Morgan fingerprint density at radius 3 is 2.89 bits per heavy atom. The number of nitrogens with zero attached hydrogens (tertiary/aromatic N) is 5. The molecule has 0 atom stereocenters. The summed E-state index contributed by atoms with van der Waals surface area (Å²) in [6, 6.07) is 1.96. The molecule has 0 saturated heterocycles. The molecule has 0 aliphatic heterocycles. The summed E-state index contributed by atoms with van der Waals surface area (Å²) in [5.74, 6) is 1.16. The zero-order valence-electron chi connectivity index (χ0n) is 10.1. The van der Waals surface area contributed by atoms with Gasteiger partial charge in [0, 0.05) is 6.20 Å². The Morgan fingerprint density at radius 2 is 2.17 bits per heavy atom. The van der Waals surface area contributed by atoms with Crippen molar-refractivity contribution in [3.05, 3.63) is 24.3 Å². The molecule has 0 saturated carbocycles. The van der Waals surface area contributed by atoms with Crippen molar-refractivity contribution >= 4 is 17.1 Å². The van der Waals surface area contributed by atoms with Crippen LogP contribution in [-0.4, -0.2) is 29.7 Å². The Kier molecular flexibility index (Phi) is 2.26. The Balaban J connectivity index is 2.20. The molecule has 92 valence electrons. The Hall–Kier alpha value is -2.44. The second kappa shape index (κ2) is 3.80. The number of H-pyrrole nitrogens is 1. The second-order valence-electron chi connectivity index (χ2n) is 4.35. The van der Waals surface area contributed by atoms with Gasteiger partial charge in [0.15, 0.2) is 11.5 Å². The van der Waals surface area contributed by atoms with Gasteiger partial charge in [-0.25, -0.2) is 9.67 Å². The molecule has 0 aliphatic rings. The van der Waals surface area contributed by atoms with Gasteiger partial charge in [0.2, 0.25) is 5.95 Å². The van der Waals surface area contributed by atoms with Gasteiger partial charge in [0.1, 0.15) is 5.52 Å². The first-order valence-corrected chi connectivity index (χ1v) is 5.67. The van der Waals surface area contributed by atoms with Crippen molar-refractivity contribution in [2.24, 2.45) is 0 Å². The highest BCUT2D eigenvalue weighted by atomic mass is 15.3. The highest BCUT2D eigenvalue weighted by Crippen LogP contribution is 2.18. The largest absolute Gasteiger partial charge is 0.368 e. The minimum absolute atomic E-state index is 0.186. The van der Waals surface area contributed by atoms with E-state index in [4.69, 9.17) is 5.73 Å². The predicted molar refractivity (Wildman–Crippen MR) is 67.3 cm³/mol. The van der Waals surface area contributed by atoms with Crippen LogP contribution in [0, 0.1) is 0 Å². The normalized spacial score (nSPS) is 11.5. The highest BCUT2D eigenvalue weighted by Gasteiger charge is 2.12. The van der Waals surface area contributed by atoms with Crippen LogP contribution in [0.25, 0.3) is 17.0 Å². The van der Waals surface area contributed by atoms with Crippen LogP contribution in [0.1, 0.15) is 25.5 Å². The highest BCUT2D eigenvalue weighted by molar-refractivity contribution is 5.78. The average molecular weight is 243 g/mol. The molecule has 7 nitrogen and oxygen atoms in total. The van der Waals surface area contributed by atoms with Gasteiger partial charge in [0.25, 0.3) is 0 Å². The van der Waals surface area contributed by atoms with Gasteiger partial charge in [-0.1, -0.05) is 13.8 Å². The maximum absolute atomic E-state index is 5.67. The van der Waals surface area contributed by atoms with E-state index in [2.05, 4.69) is 38.9 Å². The van der Waals surface area contributed by atoms with Crippen molar-refractivity contribution < 1.29 is 0 Å². The molecule has 0 unspecified atom stereocenters. The van der Waals surface area contributed by atoms with Crippen LogP contribution in [0.4, 0.5) is 5.95 Å². The smallest absolute Gasteiger partial charge is 0.224 e. The number of imidazole rings is 1. The molecule has 0 aliphatic carbocycles. The van der Waals surface area contributed by atoms with Crippen LogP contribution in [-0.2, 0) is 0 Å². The molecule has 3 aromatic heterocycles.